The summed E-state index contributed by atoms with van der Waals surface area (Å²) in [5.74, 6) is -0.416. The highest BCUT2D eigenvalue weighted by atomic mass is 16.4. The Labute approximate surface area is 103 Å². The fraction of sp³-hybridized carbons (Fsp3) is 0.846. The fourth-order valence-electron chi connectivity index (χ4n) is 2.31. The first kappa shape index (κ1) is 14.0. The minimum Gasteiger partial charge on any atom is -0.480 e. The van der Waals surface area contributed by atoms with Crippen molar-refractivity contribution in [2.75, 3.05) is 0 Å². The summed E-state index contributed by atoms with van der Waals surface area (Å²) in [7, 11) is 0. The van der Waals surface area contributed by atoms with Crippen LogP contribution < -0.4 is 5.32 Å². The lowest BCUT2D eigenvalue weighted by atomic mass is 9.82. The van der Waals surface area contributed by atoms with Crippen molar-refractivity contribution in [1.82, 2.24) is 5.32 Å². The van der Waals surface area contributed by atoms with Gasteiger partial charge in [-0.15, -0.1) is 0 Å². The standard InChI is InChI=1S/C13H23NO3/c1-8(2)11(13(16)17)14-12(15)10-6-4-9(3)5-7-10/h8-11H,4-7H2,1-3H3,(H,14,15)(H,16,17)/t9?,10?,11-/m1/s1. The Kier molecular flexibility index (Phi) is 4.97. The van der Waals surface area contributed by atoms with Gasteiger partial charge >= 0.3 is 5.97 Å². The first-order chi connectivity index (χ1) is 7.91. The zero-order valence-corrected chi connectivity index (χ0v) is 10.9. The van der Waals surface area contributed by atoms with Crippen LogP contribution >= 0.6 is 0 Å². The van der Waals surface area contributed by atoms with Crippen molar-refractivity contribution < 1.29 is 14.7 Å². The number of aliphatic carboxylic acids is 1. The number of rotatable bonds is 4. The Morgan fingerprint density at radius 3 is 2.12 bits per heavy atom. The van der Waals surface area contributed by atoms with E-state index in [0.29, 0.717) is 5.92 Å². The van der Waals surface area contributed by atoms with Gasteiger partial charge in [0.05, 0.1) is 0 Å². The average molecular weight is 241 g/mol. The summed E-state index contributed by atoms with van der Waals surface area (Å²) in [4.78, 5) is 22.9. The van der Waals surface area contributed by atoms with Crippen LogP contribution in [0.1, 0.15) is 46.5 Å². The van der Waals surface area contributed by atoms with Gasteiger partial charge in [0, 0.05) is 5.92 Å². The van der Waals surface area contributed by atoms with Crippen molar-refractivity contribution in [3.8, 4) is 0 Å². The third-order valence-electron chi connectivity index (χ3n) is 3.62. The van der Waals surface area contributed by atoms with E-state index in [1.807, 2.05) is 13.8 Å². The molecular formula is C13H23NO3. The molecule has 2 N–H and O–H groups in total. The molecule has 0 saturated heterocycles. The normalized spacial score (nSPS) is 26.6. The lowest BCUT2D eigenvalue weighted by Gasteiger charge is -2.27. The van der Waals surface area contributed by atoms with Crippen LogP contribution in [-0.2, 0) is 9.59 Å². The molecule has 0 aromatic rings. The largest absolute Gasteiger partial charge is 0.480 e. The summed E-state index contributed by atoms with van der Waals surface area (Å²) in [6, 6.07) is -0.762. The van der Waals surface area contributed by atoms with Gasteiger partial charge in [-0.2, -0.15) is 0 Å². The molecule has 0 aliphatic heterocycles. The SMILES string of the molecule is CC1CCC(C(=O)N[C@@H](C(=O)O)C(C)C)CC1. The van der Waals surface area contributed by atoms with E-state index in [1.165, 1.54) is 0 Å². The van der Waals surface area contributed by atoms with Crippen LogP contribution in [0.25, 0.3) is 0 Å². The second kappa shape index (κ2) is 6.03. The van der Waals surface area contributed by atoms with Crippen LogP contribution in [0, 0.1) is 17.8 Å². The van der Waals surface area contributed by atoms with Crippen molar-refractivity contribution >= 4 is 11.9 Å². The van der Waals surface area contributed by atoms with E-state index >= 15 is 0 Å². The van der Waals surface area contributed by atoms with Gasteiger partial charge in [0.2, 0.25) is 5.91 Å². The summed E-state index contributed by atoms with van der Waals surface area (Å²) in [5.41, 5.74) is 0. The van der Waals surface area contributed by atoms with Crippen molar-refractivity contribution in [2.45, 2.75) is 52.5 Å². The van der Waals surface area contributed by atoms with Gasteiger partial charge in [0.1, 0.15) is 6.04 Å². The van der Waals surface area contributed by atoms with Crippen LogP contribution in [-0.4, -0.2) is 23.0 Å². The van der Waals surface area contributed by atoms with Gasteiger partial charge in [0.15, 0.2) is 0 Å². The molecule has 0 spiro atoms. The number of carboxylic acids is 1. The molecule has 4 heteroatoms. The van der Waals surface area contributed by atoms with Crippen molar-refractivity contribution in [3.63, 3.8) is 0 Å². The fourth-order valence-corrected chi connectivity index (χ4v) is 2.31. The summed E-state index contributed by atoms with van der Waals surface area (Å²) in [5, 5.41) is 11.7. The molecule has 0 aromatic heterocycles. The molecule has 0 bridgehead atoms. The number of carbonyl (C=O) groups is 2. The minimum atomic E-state index is -0.947. The average Bonchev–Trinajstić information content (AvgIpc) is 2.25. The molecule has 4 nitrogen and oxygen atoms in total. The second-order valence-corrected chi connectivity index (χ2v) is 5.53. The summed E-state index contributed by atoms with van der Waals surface area (Å²) >= 11 is 0. The van der Waals surface area contributed by atoms with Crippen LogP contribution in [0.2, 0.25) is 0 Å². The van der Waals surface area contributed by atoms with E-state index in [9.17, 15) is 9.59 Å². The Morgan fingerprint density at radius 2 is 1.71 bits per heavy atom. The van der Waals surface area contributed by atoms with Crippen molar-refractivity contribution in [2.24, 2.45) is 17.8 Å². The summed E-state index contributed by atoms with van der Waals surface area (Å²) in [6.07, 6.45) is 3.91. The maximum Gasteiger partial charge on any atom is 0.326 e. The van der Waals surface area contributed by atoms with E-state index in [1.54, 1.807) is 0 Å². The van der Waals surface area contributed by atoms with E-state index in [-0.39, 0.29) is 17.7 Å². The van der Waals surface area contributed by atoms with Gasteiger partial charge in [-0.3, -0.25) is 4.79 Å². The molecule has 0 radical (unpaired) electrons. The predicted octanol–water partition coefficient (Wildman–Crippen LogP) is 2.04. The molecule has 0 heterocycles. The molecule has 0 unspecified atom stereocenters. The Bertz CT molecular complexity index is 280. The van der Waals surface area contributed by atoms with E-state index in [0.717, 1.165) is 25.7 Å². The predicted molar refractivity (Wildman–Crippen MR) is 65.5 cm³/mol. The first-order valence-corrected chi connectivity index (χ1v) is 6.45. The highest BCUT2D eigenvalue weighted by molar-refractivity contribution is 5.85. The topological polar surface area (TPSA) is 66.4 Å². The van der Waals surface area contributed by atoms with E-state index < -0.39 is 12.0 Å². The van der Waals surface area contributed by atoms with Crippen molar-refractivity contribution in [3.05, 3.63) is 0 Å². The third-order valence-corrected chi connectivity index (χ3v) is 3.62. The molecule has 0 aromatic carbocycles. The molecule has 1 fully saturated rings. The molecule has 1 aliphatic carbocycles. The van der Waals surface area contributed by atoms with Crippen LogP contribution in [0.15, 0.2) is 0 Å². The van der Waals surface area contributed by atoms with Gasteiger partial charge in [-0.1, -0.05) is 20.8 Å². The molecule has 1 rings (SSSR count). The smallest absolute Gasteiger partial charge is 0.326 e. The number of carboxylic acid groups (broad SMARTS) is 1. The maximum absolute atomic E-state index is 11.9. The molecule has 1 aliphatic rings. The van der Waals surface area contributed by atoms with E-state index in [4.69, 9.17) is 5.11 Å². The Morgan fingerprint density at radius 1 is 1.18 bits per heavy atom. The van der Waals surface area contributed by atoms with Gasteiger partial charge in [-0.25, -0.2) is 4.79 Å². The monoisotopic (exact) mass is 241 g/mol. The molecule has 98 valence electrons. The first-order valence-electron chi connectivity index (χ1n) is 6.45. The lowest BCUT2D eigenvalue weighted by molar-refractivity contribution is -0.144. The zero-order valence-electron chi connectivity index (χ0n) is 10.9. The second-order valence-electron chi connectivity index (χ2n) is 5.53. The highest BCUT2D eigenvalue weighted by Gasteiger charge is 2.29. The Hall–Kier alpha value is -1.06. The minimum absolute atomic E-state index is 0.00630. The van der Waals surface area contributed by atoms with Gasteiger partial charge in [0.25, 0.3) is 0 Å². The number of nitrogens with one attached hydrogen (secondary N) is 1. The van der Waals surface area contributed by atoms with Crippen LogP contribution in [0.4, 0.5) is 0 Å². The molecule has 1 amide bonds. The summed E-state index contributed by atoms with van der Waals surface area (Å²) in [6.45, 7) is 5.81. The lowest BCUT2D eigenvalue weighted by Crippen LogP contribution is -2.47. The summed E-state index contributed by atoms with van der Waals surface area (Å²) < 4.78 is 0. The quantitative estimate of drug-likeness (QED) is 0.791. The zero-order chi connectivity index (χ0) is 13.0. The third kappa shape index (κ3) is 4.02. The van der Waals surface area contributed by atoms with Crippen molar-refractivity contribution in [1.29, 1.82) is 0 Å². The highest BCUT2D eigenvalue weighted by Crippen LogP contribution is 2.28. The molecule has 17 heavy (non-hydrogen) atoms. The van der Waals surface area contributed by atoms with Gasteiger partial charge < -0.3 is 10.4 Å². The van der Waals surface area contributed by atoms with Crippen LogP contribution in [0.5, 0.6) is 0 Å². The number of hydrogen-bond acceptors (Lipinski definition) is 2. The molecular weight excluding hydrogens is 218 g/mol. The van der Waals surface area contributed by atoms with Crippen LogP contribution in [0.3, 0.4) is 0 Å². The maximum atomic E-state index is 11.9. The number of amides is 1. The molecule has 1 atom stereocenters. The number of hydrogen-bond donors (Lipinski definition) is 2. The molecule has 1 saturated carbocycles. The van der Waals surface area contributed by atoms with E-state index in [2.05, 4.69) is 12.2 Å². The number of carbonyl (C=O) groups excluding carboxylic acids is 1. The van der Waals surface area contributed by atoms with Gasteiger partial charge in [-0.05, 0) is 37.5 Å². The Balaban J connectivity index is 2.50.